The van der Waals surface area contributed by atoms with E-state index in [9.17, 15) is 4.79 Å². The molecule has 1 aromatic carbocycles. The molecule has 1 saturated heterocycles. The fourth-order valence-electron chi connectivity index (χ4n) is 2.77. The van der Waals surface area contributed by atoms with E-state index in [0.717, 1.165) is 38.6 Å². The summed E-state index contributed by atoms with van der Waals surface area (Å²) in [6.07, 6.45) is 1.21. The molecule has 0 N–H and O–H groups in total. The van der Waals surface area contributed by atoms with Crippen molar-refractivity contribution in [2.45, 2.75) is 20.3 Å². The number of rotatable bonds is 6. The predicted molar refractivity (Wildman–Crippen MR) is 91.3 cm³/mol. The van der Waals surface area contributed by atoms with Crippen LogP contribution in [-0.2, 0) is 0 Å². The average Bonchev–Trinajstić information content (AvgIpc) is 2.59. The number of methoxy groups -OCH3 is 2. The van der Waals surface area contributed by atoms with Gasteiger partial charge in [0.15, 0.2) is 11.5 Å². The van der Waals surface area contributed by atoms with Crippen molar-refractivity contribution < 1.29 is 14.3 Å². The Labute approximate surface area is 139 Å². The van der Waals surface area contributed by atoms with E-state index in [1.807, 2.05) is 4.90 Å². The molecule has 2 rings (SSSR count). The van der Waals surface area contributed by atoms with Gasteiger partial charge in [-0.1, -0.05) is 13.8 Å². The van der Waals surface area contributed by atoms with Crippen LogP contribution in [0.2, 0.25) is 0 Å². The van der Waals surface area contributed by atoms with Crippen LogP contribution in [-0.4, -0.2) is 62.7 Å². The van der Waals surface area contributed by atoms with Crippen LogP contribution in [0.15, 0.2) is 18.2 Å². The molecule has 0 aromatic heterocycles. The van der Waals surface area contributed by atoms with Crippen LogP contribution < -0.4 is 9.47 Å². The highest BCUT2D eigenvalue weighted by molar-refractivity contribution is 5.95. The second-order valence-electron chi connectivity index (χ2n) is 6.39. The Hall–Kier alpha value is -1.75. The molecule has 5 nitrogen and oxygen atoms in total. The molecule has 1 aliphatic heterocycles. The molecule has 5 heteroatoms. The summed E-state index contributed by atoms with van der Waals surface area (Å²) in [6, 6.07) is 5.34. The third-order valence-corrected chi connectivity index (χ3v) is 4.31. The van der Waals surface area contributed by atoms with Crippen molar-refractivity contribution in [1.29, 1.82) is 0 Å². The smallest absolute Gasteiger partial charge is 0.254 e. The van der Waals surface area contributed by atoms with Gasteiger partial charge in [-0.25, -0.2) is 0 Å². The van der Waals surface area contributed by atoms with E-state index >= 15 is 0 Å². The zero-order valence-electron chi connectivity index (χ0n) is 14.7. The number of carbonyl (C=O) groups excluding carboxylic acids is 1. The summed E-state index contributed by atoms with van der Waals surface area (Å²) in [7, 11) is 3.18. The van der Waals surface area contributed by atoms with Crippen LogP contribution in [0.1, 0.15) is 30.6 Å². The van der Waals surface area contributed by atoms with Gasteiger partial charge in [-0.2, -0.15) is 0 Å². The van der Waals surface area contributed by atoms with Crippen molar-refractivity contribution >= 4 is 5.91 Å². The minimum absolute atomic E-state index is 0.0643. The van der Waals surface area contributed by atoms with Gasteiger partial charge < -0.3 is 14.4 Å². The Bertz CT molecular complexity index is 523. The molecule has 0 radical (unpaired) electrons. The lowest BCUT2D eigenvalue weighted by molar-refractivity contribution is 0.0631. The first-order chi connectivity index (χ1) is 11.0. The fourth-order valence-corrected chi connectivity index (χ4v) is 2.77. The van der Waals surface area contributed by atoms with Gasteiger partial charge in [-0.05, 0) is 37.1 Å². The normalized spacial score (nSPS) is 15.8. The summed E-state index contributed by atoms with van der Waals surface area (Å²) in [5.41, 5.74) is 0.651. The number of carbonyl (C=O) groups is 1. The highest BCUT2D eigenvalue weighted by atomic mass is 16.5. The van der Waals surface area contributed by atoms with E-state index in [-0.39, 0.29) is 5.91 Å². The quantitative estimate of drug-likeness (QED) is 0.808. The summed E-state index contributed by atoms with van der Waals surface area (Å²) in [5.74, 6) is 2.02. The van der Waals surface area contributed by atoms with Gasteiger partial charge in [0.1, 0.15) is 0 Å². The summed E-state index contributed by atoms with van der Waals surface area (Å²) >= 11 is 0. The minimum atomic E-state index is 0.0643. The summed E-state index contributed by atoms with van der Waals surface area (Å²) in [4.78, 5) is 17.0. The van der Waals surface area contributed by atoms with Crippen molar-refractivity contribution in [2.75, 3.05) is 46.9 Å². The van der Waals surface area contributed by atoms with Crippen molar-refractivity contribution in [3.05, 3.63) is 23.8 Å². The van der Waals surface area contributed by atoms with Crippen molar-refractivity contribution in [3.63, 3.8) is 0 Å². The molecule has 0 unspecified atom stereocenters. The molecule has 1 heterocycles. The van der Waals surface area contributed by atoms with Crippen LogP contribution >= 0.6 is 0 Å². The standard InChI is InChI=1S/C18H28N2O3/c1-14(2)7-8-19-9-11-20(12-10-19)18(21)15-5-6-16(22-3)17(13-15)23-4/h5-6,13-14H,7-12H2,1-4H3. The highest BCUT2D eigenvalue weighted by Crippen LogP contribution is 2.28. The number of benzene rings is 1. The molecular weight excluding hydrogens is 292 g/mol. The predicted octanol–water partition coefficient (Wildman–Crippen LogP) is 2.51. The van der Waals surface area contributed by atoms with Gasteiger partial charge in [0, 0.05) is 31.7 Å². The highest BCUT2D eigenvalue weighted by Gasteiger charge is 2.22. The largest absolute Gasteiger partial charge is 0.493 e. The summed E-state index contributed by atoms with van der Waals surface area (Å²) < 4.78 is 10.5. The molecule has 0 atom stereocenters. The number of nitrogens with zero attached hydrogens (tertiary/aromatic N) is 2. The second kappa shape index (κ2) is 8.20. The molecule has 1 aliphatic rings. The Morgan fingerprint density at radius 1 is 1.09 bits per heavy atom. The van der Waals surface area contributed by atoms with E-state index < -0.39 is 0 Å². The number of amides is 1. The molecule has 1 fully saturated rings. The molecule has 23 heavy (non-hydrogen) atoms. The fraction of sp³-hybridized carbons (Fsp3) is 0.611. The Kier molecular flexibility index (Phi) is 6.28. The third-order valence-electron chi connectivity index (χ3n) is 4.31. The Morgan fingerprint density at radius 3 is 2.30 bits per heavy atom. The van der Waals surface area contributed by atoms with Crippen LogP contribution in [0.4, 0.5) is 0 Å². The van der Waals surface area contributed by atoms with E-state index in [1.54, 1.807) is 32.4 Å². The lowest BCUT2D eigenvalue weighted by Gasteiger charge is -2.35. The zero-order chi connectivity index (χ0) is 16.8. The number of hydrogen-bond acceptors (Lipinski definition) is 4. The van der Waals surface area contributed by atoms with Gasteiger partial charge in [0.25, 0.3) is 5.91 Å². The van der Waals surface area contributed by atoms with Crippen molar-refractivity contribution in [2.24, 2.45) is 5.92 Å². The maximum Gasteiger partial charge on any atom is 0.254 e. The first-order valence-electron chi connectivity index (χ1n) is 8.28. The van der Waals surface area contributed by atoms with E-state index in [2.05, 4.69) is 18.7 Å². The minimum Gasteiger partial charge on any atom is -0.493 e. The number of hydrogen-bond donors (Lipinski definition) is 0. The van der Waals surface area contributed by atoms with Crippen molar-refractivity contribution in [3.8, 4) is 11.5 Å². The van der Waals surface area contributed by atoms with Gasteiger partial charge >= 0.3 is 0 Å². The topological polar surface area (TPSA) is 42.0 Å². The summed E-state index contributed by atoms with van der Waals surface area (Å²) in [6.45, 7) is 9.08. The summed E-state index contributed by atoms with van der Waals surface area (Å²) in [5, 5.41) is 0. The molecule has 128 valence electrons. The zero-order valence-corrected chi connectivity index (χ0v) is 14.7. The Balaban J connectivity index is 1.94. The van der Waals surface area contributed by atoms with Crippen LogP contribution in [0.5, 0.6) is 11.5 Å². The maximum absolute atomic E-state index is 12.7. The van der Waals surface area contributed by atoms with Gasteiger partial charge in [-0.15, -0.1) is 0 Å². The first-order valence-corrected chi connectivity index (χ1v) is 8.28. The lowest BCUT2D eigenvalue weighted by atomic mass is 10.1. The first kappa shape index (κ1) is 17.6. The molecule has 0 aliphatic carbocycles. The van der Waals surface area contributed by atoms with Gasteiger partial charge in [0.05, 0.1) is 14.2 Å². The van der Waals surface area contributed by atoms with E-state index in [0.29, 0.717) is 17.1 Å². The van der Waals surface area contributed by atoms with Gasteiger partial charge in [0.2, 0.25) is 0 Å². The molecule has 1 aromatic rings. The molecule has 0 saturated carbocycles. The monoisotopic (exact) mass is 320 g/mol. The maximum atomic E-state index is 12.7. The van der Waals surface area contributed by atoms with E-state index in [1.165, 1.54) is 6.42 Å². The average molecular weight is 320 g/mol. The Morgan fingerprint density at radius 2 is 1.74 bits per heavy atom. The molecule has 0 spiro atoms. The van der Waals surface area contributed by atoms with Gasteiger partial charge in [-0.3, -0.25) is 9.69 Å². The van der Waals surface area contributed by atoms with Crippen LogP contribution in [0, 0.1) is 5.92 Å². The molecule has 1 amide bonds. The number of ether oxygens (including phenoxy) is 2. The second-order valence-corrected chi connectivity index (χ2v) is 6.39. The lowest BCUT2D eigenvalue weighted by Crippen LogP contribution is -2.49. The molecule has 0 bridgehead atoms. The van der Waals surface area contributed by atoms with Crippen LogP contribution in [0.3, 0.4) is 0 Å². The number of piperazine rings is 1. The molecular formula is C18H28N2O3. The van der Waals surface area contributed by atoms with Crippen LogP contribution in [0.25, 0.3) is 0 Å². The third kappa shape index (κ3) is 4.61. The SMILES string of the molecule is COc1ccc(C(=O)N2CCN(CCC(C)C)CC2)cc1OC. The van der Waals surface area contributed by atoms with Crippen molar-refractivity contribution in [1.82, 2.24) is 9.80 Å². The van der Waals surface area contributed by atoms with E-state index in [4.69, 9.17) is 9.47 Å².